The lowest BCUT2D eigenvalue weighted by Crippen LogP contribution is -2.62. The van der Waals surface area contributed by atoms with E-state index in [1.165, 1.54) is 20.4 Å². The molecule has 2 rings (SSSR count). The quantitative estimate of drug-likeness (QED) is 0.835. The van der Waals surface area contributed by atoms with Gasteiger partial charge in [0.15, 0.2) is 12.1 Å². The van der Waals surface area contributed by atoms with E-state index in [4.69, 9.17) is 16.3 Å². The molecule has 1 aliphatic rings. The number of carbonyl (C=O) groups excluding carboxylic acids is 3. The summed E-state index contributed by atoms with van der Waals surface area (Å²) in [6, 6.07) is 0.444. The first kappa shape index (κ1) is 17.4. The highest BCUT2D eigenvalue weighted by atomic mass is 35.5. The number of thiol groups is 1. The number of rotatable bonds is 4. The van der Waals surface area contributed by atoms with Crippen LogP contribution in [0.5, 0.6) is 5.75 Å². The lowest BCUT2D eigenvalue weighted by Gasteiger charge is -2.41. The molecular formula is C13H12ClFN3O4S. The van der Waals surface area contributed by atoms with Gasteiger partial charge in [0.05, 0.1) is 10.7 Å². The van der Waals surface area contributed by atoms with E-state index in [1.54, 1.807) is 0 Å². The van der Waals surface area contributed by atoms with Gasteiger partial charge in [0.1, 0.15) is 11.6 Å². The second-order valence-electron chi connectivity index (χ2n) is 4.64. The zero-order valence-corrected chi connectivity index (χ0v) is 13.8. The molecule has 1 aliphatic heterocycles. The van der Waals surface area contributed by atoms with E-state index in [-0.39, 0.29) is 16.5 Å². The van der Waals surface area contributed by atoms with Crippen molar-refractivity contribution in [2.75, 3.05) is 25.6 Å². The van der Waals surface area contributed by atoms with Crippen LogP contribution in [-0.4, -0.2) is 54.3 Å². The van der Waals surface area contributed by atoms with Crippen molar-refractivity contribution in [3.8, 4) is 5.75 Å². The SMILES string of the molecule is CN1C(=O)N(c2cc(OC[C]=O)c(Cl)cc2F)C(=O)N(C)C1S. The third-order valence-corrected chi connectivity index (χ3v) is 4.20. The number of nitrogens with zero attached hydrogens (tertiary/aromatic N) is 3. The molecule has 0 saturated carbocycles. The van der Waals surface area contributed by atoms with Gasteiger partial charge in [-0.25, -0.2) is 18.9 Å². The maximum absolute atomic E-state index is 14.2. The summed E-state index contributed by atoms with van der Waals surface area (Å²) >= 11 is 9.95. The highest BCUT2D eigenvalue weighted by molar-refractivity contribution is 7.80. The lowest BCUT2D eigenvalue weighted by molar-refractivity contribution is 0.143. The molecular weight excluding hydrogens is 349 g/mol. The van der Waals surface area contributed by atoms with Crippen LogP contribution in [0.15, 0.2) is 12.1 Å². The first-order chi connectivity index (χ1) is 10.8. The largest absolute Gasteiger partial charge is 0.484 e. The van der Waals surface area contributed by atoms with Gasteiger partial charge in [0.25, 0.3) is 0 Å². The zero-order chi connectivity index (χ0) is 17.3. The number of hydrogen-bond donors (Lipinski definition) is 1. The standard InChI is InChI=1S/C13H12ClFN3O4S/c1-16-11(20)18(12(21)17(2)13(16)23)9-6-10(22-4-3-19)7(14)5-8(9)15/h5-6,13,23H,4H2,1-2H3. The van der Waals surface area contributed by atoms with Crippen molar-refractivity contribution < 1.29 is 23.5 Å². The molecule has 1 aromatic rings. The summed E-state index contributed by atoms with van der Waals surface area (Å²) in [7, 11) is 2.84. The maximum Gasteiger partial charge on any atom is 0.334 e. The van der Waals surface area contributed by atoms with Gasteiger partial charge < -0.3 is 4.74 Å². The summed E-state index contributed by atoms with van der Waals surface area (Å²) in [6.45, 7) is -0.425. The van der Waals surface area contributed by atoms with Gasteiger partial charge >= 0.3 is 12.1 Å². The van der Waals surface area contributed by atoms with Crippen LogP contribution < -0.4 is 9.64 Å². The minimum atomic E-state index is -0.890. The number of imide groups is 1. The normalized spacial score (nSPS) is 16.1. The van der Waals surface area contributed by atoms with E-state index >= 15 is 0 Å². The average Bonchev–Trinajstić information content (AvgIpc) is 2.52. The summed E-state index contributed by atoms with van der Waals surface area (Å²) in [6.07, 6.45) is 1.50. The van der Waals surface area contributed by atoms with Crippen LogP contribution in [0.1, 0.15) is 0 Å². The van der Waals surface area contributed by atoms with Crippen molar-refractivity contribution >= 4 is 48.3 Å². The molecule has 0 atom stereocenters. The molecule has 1 aromatic carbocycles. The van der Waals surface area contributed by atoms with Crippen LogP contribution in [0.3, 0.4) is 0 Å². The number of hydrogen-bond acceptors (Lipinski definition) is 5. The molecule has 1 heterocycles. The third-order valence-electron chi connectivity index (χ3n) is 3.21. The Kier molecular flexibility index (Phi) is 5.00. The monoisotopic (exact) mass is 360 g/mol. The second-order valence-corrected chi connectivity index (χ2v) is 5.50. The topological polar surface area (TPSA) is 70.2 Å². The molecule has 0 unspecified atom stereocenters. The smallest absolute Gasteiger partial charge is 0.334 e. The maximum atomic E-state index is 14.2. The van der Waals surface area contributed by atoms with Crippen molar-refractivity contribution in [1.82, 2.24) is 9.80 Å². The number of anilines is 1. The zero-order valence-electron chi connectivity index (χ0n) is 12.1. The van der Waals surface area contributed by atoms with Crippen LogP contribution in [0.2, 0.25) is 5.02 Å². The Bertz CT molecular complexity index is 653. The molecule has 1 fully saturated rings. The Hall–Kier alpha value is -2.00. The molecule has 0 aromatic heterocycles. The fourth-order valence-electron chi connectivity index (χ4n) is 1.97. The summed E-state index contributed by atoms with van der Waals surface area (Å²) in [4.78, 5) is 37.8. The highest BCUT2D eigenvalue weighted by Gasteiger charge is 2.41. The third kappa shape index (κ3) is 3.06. The van der Waals surface area contributed by atoms with E-state index in [1.807, 2.05) is 0 Å². The molecule has 1 radical (unpaired) electrons. The molecule has 0 aliphatic carbocycles. The lowest BCUT2D eigenvalue weighted by atomic mass is 10.2. The van der Waals surface area contributed by atoms with Gasteiger partial charge in [-0.2, -0.15) is 0 Å². The van der Waals surface area contributed by atoms with Gasteiger partial charge in [0, 0.05) is 20.2 Å². The predicted octanol–water partition coefficient (Wildman–Crippen LogP) is 2.10. The fraction of sp³-hybridized carbons (Fsp3) is 0.308. The summed E-state index contributed by atoms with van der Waals surface area (Å²) in [5, 5.41) is -0.104. The Morgan fingerprint density at radius 3 is 2.39 bits per heavy atom. The van der Waals surface area contributed by atoms with E-state index in [9.17, 15) is 18.8 Å². The Balaban J connectivity index is 2.49. The number of carbonyl (C=O) groups is 2. The summed E-state index contributed by atoms with van der Waals surface area (Å²) < 4.78 is 19.2. The summed E-state index contributed by atoms with van der Waals surface area (Å²) in [5.74, 6) is -0.941. The van der Waals surface area contributed by atoms with Crippen molar-refractivity contribution in [3.05, 3.63) is 23.0 Å². The van der Waals surface area contributed by atoms with Crippen LogP contribution >= 0.6 is 24.2 Å². The molecule has 0 spiro atoms. The average molecular weight is 361 g/mol. The van der Waals surface area contributed by atoms with Crippen molar-refractivity contribution in [2.24, 2.45) is 0 Å². The van der Waals surface area contributed by atoms with Crippen molar-refractivity contribution in [3.63, 3.8) is 0 Å². The minimum absolute atomic E-state index is 0.0506. The molecule has 0 N–H and O–H groups in total. The Morgan fingerprint density at radius 2 is 1.87 bits per heavy atom. The molecule has 1 saturated heterocycles. The highest BCUT2D eigenvalue weighted by Crippen LogP contribution is 2.35. The first-order valence-corrected chi connectivity index (χ1v) is 7.17. The van der Waals surface area contributed by atoms with Gasteiger partial charge in [0.2, 0.25) is 6.29 Å². The van der Waals surface area contributed by atoms with Gasteiger partial charge in [-0.15, -0.1) is 12.6 Å². The van der Waals surface area contributed by atoms with Crippen molar-refractivity contribution in [1.29, 1.82) is 0 Å². The Morgan fingerprint density at radius 1 is 1.30 bits per heavy atom. The molecule has 7 nitrogen and oxygen atoms in total. The fourth-order valence-corrected chi connectivity index (χ4v) is 2.37. The number of ether oxygens (including phenoxy) is 1. The van der Waals surface area contributed by atoms with Crippen LogP contribution in [-0.2, 0) is 4.79 Å². The number of amides is 4. The second kappa shape index (κ2) is 6.63. The molecule has 23 heavy (non-hydrogen) atoms. The van der Waals surface area contributed by atoms with E-state index < -0.39 is 30.0 Å². The molecule has 4 amide bonds. The summed E-state index contributed by atoms with van der Waals surface area (Å²) in [5.41, 5.74) is -1.12. The van der Waals surface area contributed by atoms with E-state index in [0.29, 0.717) is 4.90 Å². The number of halogens is 2. The number of benzene rings is 1. The van der Waals surface area contributed by atoms with Gasteiger partial charge in [-0.3, -0.25) is 14.6 Å². The van der Waals surface area contributed by atoms with Crippen LogP contribution in [0.4, 0.5) is 19.7 Å². The Labute approximate surface area is 141 Å². The molecule has 0 bridgehead atoms. The van der Waals surface area contributed by atoms with Gasteiger partial charge in [-0.05, 0) is 6.07 Å². The molecule has 10 heteroatoms. The molecule has 123 valence electrons. The minimum Gasteiger partial charge on any atom is -0.484 e. The van der Waals surface area contributed by atoms with Crippen LogP contribution in [0.25, 0.3) is 0 Å². The van der Waals surface area contributed by atoms with Crippen LogP contribution in [0, 0.1) is 5.82 Å². The van der Waals surface area contributed by atoms with Crippen molar-refractivity contribution in [2.45, 2.75) is 5.50 Å². The van der Waals surface area contributed by atoms with E-state index in [0.717, 1.165) is 21.9 Å². The first-order valence-electron chi connectivity index (χ1n) is 6.28. The van der Waals surface area contributed by atoms with E-state index in [2.05, 4.69) is 12.6 Å². The number of urea groups is 2. The predicted molar refractivity (Wildman–Crippen MR) is 84.2 cm³/mol. The van der Waals surface area contributed by atoms with Gasteiger partial charge in [-0.1, -0.05) is 11.6 Å².